The first kappa shape index (κ1) is 9.46. The number of hydrogen-bond donors (Lipinski definition) is 0. The van der Waals surface area contributed by atoms with Crippen LogP contribution in [-0.4, -0.2) is 18.1 Å². The van der Waals surface area contributed by atoms with E-state index in [0.29, 0.717) is 6.61 Å². The maximum atomic E-state index is 5.56. The number of aromatic nitrogens is 1. The van der Waals surface area contributed by atoms with Crippen molar-refractivity contribution in [3.8, 4) is 0 Å². The number of rotatable bonds is 2. The van der Waals surface area contributed by atoms with E-state index < -0.39 is 0 Å². The Morgan fingerprint density at radius 1 is 1.57 bits per heavy atom. The standard InChI is InChI=1S/C11H16N2O/c1-4-14-13-8-11(2,3)9-5-6-12-7-10(9)13/h5-7H,4,8H2,1-3H3. The fourth-order valence-corrected chi connectivity index (χ4v) is 1.96. The Bertz CT molecular complexity index is 336. The van der Waals surface area contributed by atoms with Crippen LogP contribution in [0.25, 0.3) is 0 Å². The van der Waals surface area contributed by atoms with Gasteiger partial charge in [0.1, 0.15) is 0 Å². The van der Waals surface area contributed by atoms with Crippen LogP contribution in [-0.2, 0) is 10.3 Å². The molecule has 1 aromatic heterocycles. The first-order chi connectivity index (χ1) is 6.65. The van der Waals surface area contributed by atoms with E-state index in [0.717, 1.165) is 12.2 Å². The summed E-state index contributed by atoms with van der Waals surface area (Å²) < 4.78 is 0. The van der Waals surface area contributed by atoms with E-state index in [1.165, 1.54) is 5.56 Å². The average molecular weight is 192 g/mol. The van der Waals surface area contributed by atoms with Gasteiger partial charge >= 0.3 is 0 Å². The Kier molecular flexibility index (Phi) is 2.19. The third-order valence-electron chi connectivity index (χ3n) is 2.62. The molecule has 2 heterocycles. The van der Waals surface area contributed by atoms with Crippen LogP contribution in [0, 0.1) is 0 Å². The van der Waals surface area contributed by atoms with Crippen LogP contribution < -0.4 is 5.06 Å². The van der Waals surface area contributed by atoms with Crippen LogP contribution in [0.1, 0.15) is 26.3 Å². The molecule has 0 spiro atoms. The Morgan fingerprint density at radius 2 is 2.36 bits per heavy atom. The fraction of sp³-hybridized carbons (Fsp3) is 0.545. The summed E-state index contributed by atoms with van der Waals surface area (Å²) >= 11 is 0. The van der Waals surface area contributed by atoms with E-state index in [4.69, 9.17) is 4.84 Å². The van der Waals surface area contributed by atoms with Crippen molar-refractivity contribution >= 4 is 5.69 Å². The van der Waals surface area contributed by atoms with Crippen LogP contribution in [0.3, 0.4) is 0 Å². The Hall–Kier alpha value is -1.09. The third kappa shape index (κ3) is 1.38. The summed E-state index contributed by atoms with van der Waals surface area (Å²) in [5.41, 5.74) is 2.59. The molecule has 3 nitrogen and oxygen atoms in total. The molecule has 76 valence electrons. The van der Waals surface area contributed by atoms with Gasteiger partial charge in [0.25, 0.3) is 0 Å². The van der Waals surface area contributed by atoms with Crippen LogP contribution >= 0.6 is 0 Å². The van der Waals surface area contributed by atoms with Gasteiger partial charge in [-0.3, -0.25) is 14.9 Å². The van der Waals surface area contributed by atoms with E-state index in [9.17, 15) is 0 Å². The van der Waals surface area contributed by atoms with Crippen molar-refractivity contribution in [2.75, 3.05) is 18.2 Å². The summed E-state index contributed by atoms with van der Waals surface area (Å²) in [5.74, 6) is 0. The molecule has 1 aliphatic rings. The van der Waals surface area contributed by atoms with Crippen molar-refractivity contribution < 1.29 is 4.84 Å². The summed E-state index contributed by atoms with van der Waals surface area (Å²) in [4.78, 5) is 9.69. The molecule has 0 fully saturated rings. The molecule has 0 radical (unpaired) electrons. The molecule has 0 bridgehead atoms. The lowest BCUT2D eigenvalue weighted by atomic mass is 9.88. The highest BCUT2D eigenvalue weighted by Gasteiger charge is 2.35. The molecule has 0 unspecified atom stereocenters. The van der Waals surface area contributed by atoms with Gasteiger partial charge in [0.05, 0.1) is 25.0 Å². The molecule has 1 aromatic rings. The van der Waals surface area contributed by atoms with Gasteiger partial charge in [-0.15, -0.1) is 0 Å². The second kappa shape index (κ2) is 3.24. The fourth-order valence-electron chi connectivity index (χ4n) is 1.96. The lowest BCUT2D eigenvalue weighted by Crippen LogP contribution is -2.28. The smallest absolute Gasteiger partial charge is 0.0858 e. The highest BCUT2D eigenvalue weighted by molar-refractivity contribution is 5.58. The molecular weight excluding hydrogens is 176 g/mol. The van der Waals surface area contributed by atoms with Crippen molar-refractivity contribution in [3.63, 3.8) is 0 Å². The number of fused-ring (bicyclic) bond motifs is 1. The predicted octanol–water partition coefficient (Wildman–Crippen LogP) is 2.13. The second-order valence-corrected chi connectivity index (χ2v) is 4.23. The molecular formula is C11H16N2O. The number of nitrogens with zero attached hydrogens (tertiary/aromatic N) is 2. The zero-order valence-corrected chi connectivity index (χ0v) is 8.95. The molecule has 0 N–H and O–H groups in total. The van der Waals surface area contributed by atoms with Gasteiger partial charge in [0, 0.05) is 11.6 Å². The molecule has 14 heavy (non-hydrogen) atoms. The van der Waals surface area contributed by atoms with E-state index in [1.54, 1.807) is 0 Å². The SMILES string of the molecule is CCON1CC(C)(C)c2ccncc21. The summed E-state index contributed by atoms with van der Waals surface area (Å²) in [6.07, 6.45) is 3.72. The zero-order valence-electron chi connectivity index (χ0n) is 8.95. The first-order valence-electron chi connectivity index (χ1n) is 5.00. The molecule has 0 aromatic carbocycles. The molecule has 3 heteroatoms. The highest BCUT2D eigenvalue weighted by Crippen LogP contribution is 2.39. The Balaban J connectivity index is 2.39. The second-order valence-electron chi connectivity index (χ2n) is 4.23. The number of hydroxylamine groups is 1. The van der Waals surface area contributed by atoms with Crippen molar-refractivity contribution in [2.45, 2.75) is 26.2 Å². The largest absolute Gasteiger partial charge is 0.274 e. The topological polar surface area (TPSA) is 25.4 Å². The van der Waals surface area contributed by atoms with Crippen molar-refractivity contribution in [2.24, 2.45) is 0 Å². The van der Waals surface area contributed by atoms with E-state index in [1.807, 2.05) is 24.4 Å². The van der Waals surface area contributed by atoms with Gasteiger partial charge in [0.2, 0.25) is 0 Å². The molecule has 0 atom stereocenters. The zero-order chi connectivity index (χ0) is 10.2. The first-order valence-corrected chi connectivity index (χ1v) is 5.00. The number of pyridine rings is 1. The van der Waals surface area contributed by atoms with Gasteiger partial charge in [-0.2, -0.15) is 0 Å². The van der Waals surface area contributed by atoms with Crippen molar-refractivity contribution in [1.82, 2.24) is 4.98 Å². The van der Waals surface area contributed by atoms with Gasteiger partial charge in [-0.25, -0.2) is 0 Å². The predicted molar refractivity (Wildman–Crippen MR) is 56.2 cm³/mol. The normalized spacial score (nSPS) is 18.4. The lowest BCUT2D eigenvalue weighted by Gasteiger charge is -2.20. The van der Waals surface area contributed by atoms with Crippen LogP contribution in [0.5, 0.6) is 0 Å². The maximum absolute atomic E-state index is 5.56. The van der Waals surface area contributed by atoms with Gasteiger partial charge in [0.15, 0.2) is 0 Å². The minimum Gasteiger partial charge on any atom is -0.274 e. The van der Waals surface area contributed by atoms with Gasteiger partial charge < -0.3 is 0 Å². The van der Waals surface area contributed by atoms with Crippen LogP contribution in [0.15, 0.2) is 18.5 Å². The Morgan fingerprint density at radius 3 is 3.07 bits per heavy atom. The summed E-state index contributed by atoms with van der Waals surface area (Å²) in [6.45, 7) is 8.06. The minimum absolute atomic E-state index is 0.160. The Labute approximate surface area is 84.7 Å². The summed E-state index contributed by atoms with van der Waals surface area (Å²) in [5, 5.41) is 1.95. The van der Waals surface area contributed by atoms with Crippen LogP contribution in [0.2, 0.25) is 0 Å². The summed E-state index contributed by atoms with van der Waals surface area (Å²) in [7, 11) is 0. The third-order valence-corrected chi connectivity index (χ3v) is 2.62. The van der Waals surface area contributed by atoms with Crippen molar-refractivity contribution in [1.29, 1.82) is 0 Å². The van der Waals surface area contributed by atoms with Crippen LogP contribution in [0.4, 0.5) is 5.69 Å². The molecule has 0 saturated carbocycles. The molecule has 0 amide bonds. The average Bonchev–Trinajstić information content (AvgIpc) is 2.41. The maximum Gasteiger partial charge on any atom is 0.0858 e. The van der Waals surface area contributed by atoms with Gasteiger partial charge in [-0.1, -0.05) is 13.8 Å². The molecule has 2 rings (SSSR count). The van der Waals surface area contributed by atoms with E-state index in [2.05, 4.69) is 24.9 Å². The van der Waals surface area contributed by atoms with E-state index >= 15 is 0 Å². The molecule has 1 aliphatic heterocycles. The lowest BCUT2D eigenvalue weighted by molar-refractivity contribution is 0.118. The molecule has 0 saturated heterocycles. The summed E-state index contributed by atoms with van der Waals surface area (Å²) in [6, 6.07) is 2.08. The quantitative estimate of drug-likeness (QED) is 0.717. The monoisotopic (exact) mass is 192 g/mol. The van der Waals surface area contributed by atoms with E-state index in [-0.39, 0.29) is 5.41 Å². The molecule has 0 aliphatic carbocycles. The van der Waals surface area contributed by atoms with Gasteiger partial charge in [-0.05, 0) is 18.6 Å². The number of hydrogen-bond acceptors (Lipinski definition) is 3. The van der Waals surface area contributed by atoms with Crippen molar-refractivity contribution in [3.05, 3.63) is 24.0 Å². The number of anilines is 1. The minimum atomic E-state index is 0.160. The highest BCUT2D eigenvalue weighted by atomic mass is 16.7.